The Morgan fingerprint density at radius 1 is 1.62 bits per heavy atom. The van der Waals surface area contributed by atoms with E-state index in [1.807, 2.05) is 25.3 Å². The van der Waals surface area contributed by atoms with Gasteiger partial charge >= 0.3 is 0 Å². The van der Waals surface area contributed by atoms with Gasteiger partial charge in [-0.1, -0.05) is 6.08 Å². The van der Waals surface area contributed by atoms with Crippen molar-refractivity contribution in [2.24, 2.45) is 0 Å². The van der Waals surface area contributed by atoms with Gasteiger partial charge in [0.25, 0.3) is 0 Å². The van der Waals surface area contributed by atoms with E-state index in [1.165, 1.54) is 5.56 Å². The highest BCUT2D eigenvalue weighted by atomic mass is 16.5. The molecule has 0 aliphatic carbocycles. The number of rotatable bonds is 5. The van der Waals surface area contributed by atoms with Crippen molar-refractivity contribution in [1.29, 1.82) is 0 Å². The van der Waals surface area contributed by atoms with Gasteiger partial charge < -0.3 is 14.8 Å². The third kappa shape index (κ3) is 2.19. The molecular weight excluding hydrogens is 202 g/mol. The van der Waals surface area contributed by atoms with Crippen LogP contribution in [0.15, 0.2) is 30.9 Å². The smallest absolute Gasteiger partial charge is 0.127 e. The minimum absolute atomic E-state index is 0.303. The fourth-order valence-corrected chi connectivity index (χ4v) is 1.78. The minimum atomic E-state index is 0.303. The van der Waals surface area contributed by atoms with E-state index in [4.69, 9.17) is 9.47 Å². The lowest BCUT2D eigenvalue weighted by Gasteiger charge is -2.08. The van der Waals surface area contributed by atoms with Crippen LogP contribution in [0.4, 0.5) is 0 Å². The normalized spacial score (nSPS) is 17.7. The predicted octanol–water partition coefficient (Wildman–Crippen LogP) is 2.29. The van der Waals surface area contributed by atoms with Gasteiger partial charge in [-0.25, -0.2) is 0 Å². The fraction of sp³-hybridized carbons (Fsp3) is 0.385. The lowest BCUT2D eigenvalue weighted by Crippen LogP contribution is -2.17. The van der Waals surface area contributed by atoms with Gasteiger partial charge in [-0.15, -0.1) is 6.58 Å². The summed E-state index contributed by atoms with van der Waals surface area (Å²) in [7, 11) is 1.94. The Labute approximate surface area is 96.1 Å². The van der Waals surface area contributed by atoms with E-state index in [2.05, 4.69) is 18.0 Å². The van der Waals surface area contributed by atoms with Gasteiger partial charge in [-0.2, -0.15) is 0 Å². The second-order valence-corrected chi connectivity index (χ2v) is 3.78. The summed E-state index contributed by atoms with van der Waals surface area (Å²) in [5.74, 6) is 1.79. The first-order valence-corrected chi connectivity index (χ1v) is 5.53. The quantitative estimate of drug-likeness (QED) is 0.609. The standard InChI is InChI=1S/C13H17NO2/c1-3-4-7-15-10-5-6-11-12(14-2)9-16-13(11)8-10/h3,5-6,8,12,14H,1,4,7,9H2,2H3. The maximum Gasteiger partial charge on any atom is 0.127 e. The van der Waals surface area contributed by atoms with Gasteiger partial charge in [-0.3, -0.25) is 0 Å². The predicted molar refractivity (Wildman–Crippen MR) is 64.0 cm³/mol. The van der Waals surface area contributed by atoms with Crippen LogP contribution in [0.1, 0.15) is 18.0 Å². The number of fused-ring (bicyclic) bond motifs is 1. The van der Waals surface area contributed by atoms with E-state index in [0.717, 1.165) is 17.9 Å². The third-order valence-electron chi connectivity index (χ3n) is 2.71. The molecule has 1 unspecified atom stereocenters. The zero-order valence-electron chi connectivity index (χ0n) is 9.53. The van der Waals surface area contributed by atoms with E-state index in [-0.39, 0.29) is 0 Å². The highest BCUT2D eigenvalue weighted by molar-refractivity contribution is 5.44. The molecule has 1 aromatic rings. The van der Waals surface area contributed by atoms with Crippen LogP contribution in [-0.4, -0.2) is 20.3 Å². The molecule has 0 bridgehead atoms. The van der Waals surface area contributed by atoms with Gasteiger partial charge in [0.05, 0.1) is 12.6 Å². The topological polar surface area (TPSA) is 30.5 Å². The zero-order chi connectivity index (χ0) is 11.4. The van der Waals surface area contributed by atoms with Crippen molar-refractivity contribution in [3.8, 4) is 11.5 Å². The number of hydrogen-bond acceptors (Lipinski definition) is 3. The van der Waals surface area contributed by atoms with Crippen LogP contribution < -0.4 is 14.8 Å². The molecule has 1 N–H and O–H groups in total. The average molecular weight is 219 g/mol. The Balaban J connectivity index is 2.06. The molecule has 1 heterocycles. The Hall–Kier alpha value is -1.48. The van der Waals surface area contributed by atoms with Crippen LogP contribution in [-0.2, 0) is 0 Å². The monoisotopic (exact) mass is 219 g/mol. The summed E-state index contributed by atoms with van der Waals surface area (Å²) in [6.07, 6.45) is 2.71. The third-order valence-corrected chi connectivity index (χ3v) is 2.71. The SMILES string of the molecule is C=CCCOc1ccc2c(c1)OCC2NC. The Morgan fingerprint density at radius 3 is 3.25 bits per heavy atom. The Morgan fingerprint density at radius 2 is 2.50 bits per heavy atom. The van der Waals surface area contributed by atoms with Gasteiger partial charge in [0.15, 0.2) is 0 Å². The van der Waals surface area contributed by atoms with Crippen molar-refractivity contribution in [2.45, 2.75) is 12.5 Å². The summed E-state index contributed by atoms with van der Waals surface area (Å²) < 4.78 is 11.2. The fourth-order valence-electron chi connectivity index (χ4n) is 1.78. The maximum absolute atomic E-state index is 5.59. The van der Waals surface area contributed by atoms with Crippen LogP contribution in [0.25, 0.3) is 0 Å². The summed E-state index contributed by atoms with van der Waals surface area (Å²) in [4.78, 5) is 0. The molecule has 0 fully saturated rings. The molecule has 3 heteroatoms. The second kappa shape index (κ2) is 5.03. The highest BCUT2D eigenvalue weighted by Gasteiger charge is 2.22. The molecule has 1 aliphatic rings. The number of ether oxygens (including phenoxy) is 2. The molecule has 1 atom stereocenters. The summed E-state index contributed by atoms with van der Waals surface area (Å²) in [6, 6.07) is 6.31. The number of nitrogens with one attached hydrogen (secondary N) is 1. The van der Waals surface area contributed by atoms with Crippen molar-refractivity contribution >= 4 is 0 Å². The van der Waals surface area contributed by atoms with E-state index >= 15 is 0 Å². The largest absolute Gasteiger partial charge is 0.493 e. The molecule has 0 saturated carbocycles. The lowest BCUT2D eigenvalue weighted by atomic mass is 10.1. The van der Waals surface area contributed by atoms with Crippen molar-refractivity contribution in [1.82, 2.24) is 5.32 Å². The van der Waals surface area contributed by atoms with Crippen LogP contribution in [0, 0.1) is 0 Å². The molecule has 0 aromatic heterocycles. The summed E-state index contributed by atoms with van der Waals surface area (Å²) in [6.45, 7) is 5.02. The summed E-state index contributed by atoms with van der Waals surface area (Å²) >= 11 is 0. The number of benzene rings is 1. The van der Waals surface area contributed by atoms with Gasteiger partial charge in [-0.05, 0) is 25.6 Å². The number of likely N-dealkylation sites (N-methyl/N-ethyl adjacent to an activating group) is 1. The van der Waals surface area contributed by atoms with E-state index < -0.39 is 0 Å². The van der Waals surface area contributed by atoms with E-state index in [0.29, 0.717) is 19.3 Å². The van der Waals surface area contributed by atoms with Crippen LogP contribution in [0.3, 0.4) is 0 Å². The zero-order valence-corrected chi connectivity index (χ0v) is 9.53. The van der Waals surface area contributed by atoms with Crippen LogP contribution in [0.2, 0.25) is 0 Å². The molecule has 0 saturated heterocycles. The first-order valence-electron chi connectivity index (χ1n) is 5.53. The molecule has 0 spiro atoms. The summed E-state index contributed by atoms with van der Waals surface area (Å²) in [5, 5.41) is 3.21. The highest BCUT2D eigenvalue weighted by Crippen LogP contribution is 2.34. The molecule has 86 valence electrons. The molecule has 16 heavy (non-hydrogen) atoms. The van der Waals surface area contributed by atoms with E-state index in [9.17, 15) is 0 Å². The number of hydrogen-bond donors (Lipinski definition) is 1. The minimum Gasteiger partial charge on any atom is -0.493 e. The van der Waals surface area contributed by atoms with Gasteiger partial charge in [0, 0.05) is 11.6 Å². The Kier molecular flexibility index (Phi) is 3.47. The molecule has 2 rings (SSSR count). The first kappa shape index (κ1) is 11.0. The van der Waals surface area contributed by atoms with Crippen molar-refractivity contribution in [2.75, 3.05) is 20.3 Å². The molecule has 0 amide bonds. The molecule has 0 radical (unpaired) electrons. The molecule has 3 nitrogen and oxygen atoms in total. The van der Waals surface area contributed by atoms with E-state index in [1.54, 1.807) is 0 Å². The van der Waals surface area contributed by atoms with Crippen molar-refractivity contribution < 1.29 is 9.47 Å². The van der Waals surface area contributed by atoms with Gasteiger partial charge in [0.2, 0.25) is 0 Å². The second-order valence-electron chi connectivity index (χ2n) is 3.78. The molecule has 1 aromatic carbocycles. The van der Waals surface area contributed by atoms with Crippen LogP contribution in [0.5, 0.6) is 11.5 Å². The first-order chi connectivity index (χ1) is 7.85. The van der Waals surface area contributed by atoms with Gasteiger partial charge in [0.1, 0.15) is 18.1 Å². The Bertz CT molecular complexity index is 376. The molecular formula is C13H17NO2. The molecule has 1 aliphatic heterocycles. The van der Waals surface area contributed by atoms with Crippen LogP contribution >= 0.6 is 0 Å². The summed E-state index contributed by atoms with van der Waals surface area (Å²) in [5.41, 5.74) is 1.21. The average Bonchev–Trinajstić information content (AvgIpc) is 2.71. The lowest BCUT2D eigenvalue weighted by molar-refractivity contribution is 0.309. The van der Waals surface area contributed by atoms with Crippen molar-refractivity contribution in [3.63, 3.8) is 0 Å². The maximum atomic E-state index is 5.59. The van der Waals surface area contributed by atoms with Crippen molar-refractivity contribution in [3.05, 3.63) is 36.4 Å².